The maximum atomic E-state index is 6.29. The first-order chi connectivity index (χ1) is 11.1. The average molecular weight is 389 g/mol. The Hall–Kier alpha value is 0.440. The second kappa shape index (κ2) is 13.7. The summed E-state index contributed by atoms with van der Waals surface area (Å²) in [6.07, 6.45) is 17.1. The standard InChI is InChI=1S/C21H41BrO/c1-18(2)20-14-13-19(3)17-21(20)23-16-12-10-8-6-4-5-7-9-11-15-22/h18-21H,4-17H2,1-3H3/t19-,20+,21-/m1/s1. The fourth-order valence-electron chi connectivity index (χ4n) is 3.98. The normalized spacial score (nSPS) is 25.2. The summed E-state index contributed by atoms with van der Waals surface area (Å²) in [6.45, 7) is 8.13. The van der Waals surface area contributed by atoms with E-state index in [1.807, 2.05) is 0 Å². The number of unbranched alkanes of at least 4 members (excludes halogenated alkanes) is 8. The molecular formula is C21H41BrO. The van der Waals surface area contributed by atoms with Gasteiger partial charge in [0.1, 0.15) is 0 Å². The number of hydrogen-bond donors (Lipinski definition) is 0. The summed E-state index contributed by atoms with van der Waals surface area (Å²) in [4.78, 5) is 0. The molecule has 0 amide bonds. The first-order valence-electron chi connectivity index (χ1n) is 10.3. The van der Waals surface area contributed by atoms with Gasteiger partial charge in [0.15, 0.2) is 0 Å². The SMILES string of the molecule is CC(C)[C@@H]1CC[C@@H](C)C[C@H]1OCCCCCCCCCCCBr. The summed E-state index contributed by atoms with van der Waals surface area (Å²) in [5.41, 5.74) is 0. The van der Waals surface area contributed by atoms with Crippen molar-refractivity contribution in [3.8, 4) is 0 Å². The highest BCUT2D eigenvalue weighted by Crippen LogP contribution is 2.35. The van der Waals surface area contributed by atoms with Gasteiger partial charge in [-0.15, -0.1) is 0 Å². The van der Waals surface area contributed by atoms with E-state index in [0.29, 0.717) is 6.10 Å². The van der Waals surface area contributed by atoms with Gasteiger partial charge in [-0.3, -0.25) is 0 Å². The zero-order valence-corrected chi connectivity index (χ0v) is 17.6. The van der Waals surface area contributed by atoms with Gasteiger partial charge in [0.2, 0.25) is 0 Å². The minimum Gasteiger partial charge on any atom is -0.378 e. The number of rotatable bonds is 13. The molecule has 1 nitrogen and oxygen atoms in total. The first-order valence-corrected chi connectivity index (χ1v) is 11.4. The summed E-state index contributed by atoms with van der Waals surface area (Å²) in [5.74, 6) is 2.43. The molecule has 0 aromatic carbocycles. The Labute approximate surface area is 154 Å². The molecule has 1 aliphatic rings. The molecule has 0 spiro atoms. The second-order valence-electron chi connectivity index (χ2n) is 8.11. The molecule has 2 heteroatoms. The molecule has 0 aromatic heterocycles. The maximum Gasteiger partial charge on any atom is 0.0608 e. The summed E-state index contributed by atoms with van der Waals surface area (Å²) in [7, 11) is 0. The highest BCUT2D eigenvalue weighted by molar-refractivity contribution is 9.09. The van der Waals surface area contributed by atoms with Crippen LogP contribution in [0.25, 0.3) is 0 Å². The Kier molecular flexibility index (Phi) is 12.8. The van der Waals surface area contributed by atoms with Crippen LogP contribution in [0.3, 0.4) is 0 Å². The molecule has 3 atom stereocenters. The van der Waals surface area contributed by atoms with E-state index in [4.69, 9.17) is 4.74 Å². The van der Waals surface area contributed by atoms with Crippen molar-refractivity contribution >= 4 is 15.9 Å². The zero-order chi connectivity index (χ0) is 16.9. The van der Waals surface area contributed by atoms with Gasteiger partial charge < -0.3 is 4.74 Å². The van der Waals surface area contributed by atoms with E-state index in [-0.39, 0.29) is 0 Å². The third-order valence-electron chi connectivity index (χ3n) is 5.57. The van der Waals surface area contributed by atoms with Crippen LogP contribution in [0.2, 0.25) is 0 Å². The van der Waals surface area contributed by atoms with Crippen molar-refractivity contribution in [3.63, 3.8) is 0 Å². The predicted molar refractivity (Wildman–Crippen MR) is 106 cm³/mol. The molecule has 0 aliphatic heterocycles. The first kappa shape index (κ1) is 21.5. The lowest BCUT2D eigenvalue weighted by atomic mass is 9.75. The molecule has 0 radical (unpaired) electrons. The van der Waals surface area contributed by atoms with Gasteiger partial charge in [-0.05, 0) is 43.4 Å². The van der Waals surface area contributed by atoms with E-state index in [2.05, 4.69) is 36.7 Å². The largest absolute Gasteiger partial charge is 0.378 e. The van der Waals surface area contributed by atoms with Crippen LogP contribution in [-0.2, 0) is 4.74 Å². The van der Waals surface area contributed by atoms with Crippen LogP contribution in [0.5, 0.6) is 0 Å². The third kappa shape index (κ3) is 10.1. The van der Waals surface area contributed by atoms with Gasteiger partial charge >= 0.3 is 0 Å². The van der Waals surface area contributed by atoms with Gasteiger partial charge in [-0.25, -0.2) is 0 Å². The second-order valence-corrected chi connectivity index (χ2v) is 8.90. The lowest BCUT2D eigenvalue weighted by Gasteiger charge is -2.37. The van der Waals surface area contributed by atoms with Crippen LogP contribution in [-0.4, -0.2) is 18.0 Å². The third-order valence-corrected chi connectivity index (χ3v) is 6.13. The van der Waals surface area contributed by atoms with Crippen LogP contribution in [0.15, 0.2) is 0 Å². The Morgan fingerprint density at radius 2 is 1.43 bits per heavy atom. The Bertz CT molecular complexity index is 267. The molecule has 1 saturated carbocycles. The van der Waals surface area contributed by atoms with Crippen molar-refractivity contribution in [2.45, 2.75) is 104 Å². The minimum absolute atomic E-state index is 0.535. The van der Waals surface area contributed by atoms with Crippen LogP contribution in [0, 0.1) is 17.8 Å². The van der Waals surface area contributed by atoms with Gasteiger partial charge in [-0.1, -0.05) is 88.1 Å². The van der Waals surface area contributed by atoms with E-state index in [9.17, 15) is 0 Å². The van der Waals surface area contributed by atoms with Crippen molar-refractivity contribution in [2.75, 3.05) is 11.9 Å². The minimum atomic E-state index is 0.535. The highest BCUT2D eigenvalue weighted by Gasteiger charge is 2.31. The van der Waals surface area contributed by atoms with Gasteiger partial charge in [0, 0.05) is 11.9 Å². The van der Waals surface area contributed by atoms with Crippen molar-refractivity contribution in [1.29, 1.82) is 0 Å². The number of alkyl halides is 1. The molecule has 0 bridgehead atoms. The Balaban J connectivity index is 1.97. The number of halogens is 1. The lowest BCUT2D eigenvalue weighted by Crippen LogP contribution is -2.34. The molecule has 0 aromatic rings. The smallest absolute Gasteiger partial charge is 0.0608 e. The van der Waals surface area contributed by atoms with E-state index in [0.717, 1.165) is 24.4 Å². The van der Waals surface area contributed by atoms with Crippen molar-refractivity contribution in [1.82, 2.24) is 0 Å². The van der Waals surface area contributed by atoms with E-state index < -0.39 is 0 Å². The number of hydrogen-bond acceptors (Lipinski definition) is 1. The van der Waals surface area contributed by atoms with E-state index >= 15 is 0 Å². The number of ether oxygens (including phenoxy) is 1. The fraction of sp³-hybridized carbons (Fsp3) is 1.00. The van der Waals surface area contributed by atoms with Crippen LogP contribution in [0.1, 0.15) is 97.8 Å². The Morgan fingerprint density at radius 3 is 2.00 bits per heavy atom. The summed E-state index contributed by atoms with van der Waals surface area (Å²) in [6, 6.07) is 0. The molecule has 1 fully saturated rings. The average Bonchev–Trinajstić information content (AvgIpc) is 2.52. The van der Waals surface area contributed by atoms with Gasteiger partial charge in [0.05, 0.1) is 6.10 Å². The Morgan fingerprint density at radius 1 is 0.870 bits per heavy atom. The quantitative estimate of drug-likeness (QED) is 0.236. The monoisotopic (exact) mass is 388 g/mol. The lowest BCUT2D eigenvalue weighted by molar-refractivity contribution is -0.0394. The van der Waals surface area contributed by atoms with Crippen LogP contribution >= 0.6 is 15.9 Å². The van der Waals surface area contributed by atoms with Crippen molar-refractivity contribution in [2.24, 2.45) is 17.8 Å². The molecule has 0 saturated heterocycles. The maximum absolute atomic E-state index is 6.29. The van der Waals surface area contributed by atoms with Crippen molar-refractivity contribution in [3.05, 3.63) is 0 Å². The van der Waals surface area contributed by atoms with Crippen LogP contribution in [0.4, 0.5) is 0 Å². The predicted octanol–water partition coefficient (Wildman–Crippen LogP) is 7.37. The van der Waals surface area contributed by atoms with Crippen molar-refractivity contribution < 1.29 is 4.74 Å². The van der Waals surface area contributed by atoms with Crippen LogP contribution < -0.4 is 0 Å². The molecule has 1 rings (SSSR count). The van der Waals surface area contributed by atoms with Gasteiger partial charge in [-0.2, -0.15) is 0 Å². The highest BCUT2D eigenvalue weighted by atomic mass is 79.9. The molecule has 0 N–H and O–H groups in total. The molecular weight excluding hydrogens is 348 g/mol. The van der Waals surface area contributed by atoms with Gasteiger partial charge in [0.25, 0.3) is 0 Å². The molecule has 138 valence electrons. The fourth-order valence-corrected chi connectivity index (χ4v) is 4.37. The molecule has 1 aliphatic carbocycles. The molecule has 0 unspecified atom stereocenters. The summed E-state index contributed by atoms with van der Waals surface area (Å²) >= 11 is 3.50. The molecule has 23 heavy (non-hydrogen) atoms. The topological polar surface area (TPSA) is 9.23 Å². The van der Waals surface area contributed by atoms with E-state index in [1.54, 1.807) is 0 Å². The zero-order valence-electron chi connectivity index (χ0n) is 16.0. The molecule has 0 heterocycles. The summed E-state index contributed by atoms with van der Waals surface area (Å²) in [5, 5.41) is 1.17. The van der Waals surface area contributed by atoms with E-state index in [1.165, 1.54) is 82.4 Å². The summed E-state index contributed by atoms with van der Waals surface area (Å²) < 4.78 is 6.29.